The summed E-state index contributed by atoms with van der Waals surface area (Å²) in [5, 5.41) is 6.45. The molecule has 1 aliphatic heterocycles. The number of benzene rings is 2. The number of piperazine rings is 1. The first-order valence-corrected chi connectivity index (χ1v) is 14.2. The predicted octanol–water partition coefficient (Wildman–Crippen LogP) is 4.58. The molecule has 2 amide bonds. The van der Waals surface area contributed by atoms with E-state index in [-0.39, 0.29) is 24.0 Å². The van der Waals surface area contributed by atoms with E-state index in [4.69, 9.17) is 14.5 Å². The Balaban J connectivity index is 1.40. The van der Waals surface area contributed by atoms with Gasteiger partial charge in [-0.15, -0.1) is 0 Å². The van der Waals surface area contributed by atoms with Crippen LogP contribution >= 0.6 is 0 Å². The summed E-state index contributed by atoms with van der Waals surface area (Å²) in [5.41, 5.74) is 3.36. The monoisotopic (exact) mass is 545 g/mol. The maximum atomic E-state index is 14.2. The van der Waals surface area contributed by atoms with E-state index in [0.717, 1.165) is 49.2 Å². The van der Waals surface area contributed by atoms with Crippen LogP contribution in [0.4, 0.5) is 4.79 Å². The number of imidazole rings is 1. The van der Waals surface area contributed by atoms with Gasteiger partial charge in [0.05, 0.1) is 37.8 Å². The van der Waals surface area contributed by atoms with Gasteiger partial charge < -0.3 is 29.6 Å². The number of nitrogens with one attached hydrogen (secondary N) is 2. The zero-order chi connectivity index (χ0) is 27.9. The van der Waals surface area contributed by atoms with Gasteiger partial charge in [0.2, 0.25) is 0 Å². The zero-order valence-corrected chi connectivity index (χ0v) is 23.3. The van der Waals surface area contributed by atoms with Gasteiger partial charge in [-0.05, 0) is 31.9 Å². The lowest BCUT2D eigenvalue weighted by molar-refractivity contribution is 0.0601. The number of hydrogen-bond donors (Lipinski definition) is 2. The third-order valence-electron chi connectivity index (χ3n) is 7.97. The molecule has 0 unspecified atom stereocenters. The summed E-state index contributed by atoms with van der Waals surface area (Å²) < 4.78 is 13.0. The fraction of sp³-hybridized carbons (Fsp3) is 0.452. The molecule has 2 heterocycles. The Bertz CT molecular complexity index is 1280. The lowest BCUT2D eigenvalue weighted by Crippen LogP contribution is -2.54. The number of ether oxygens (including phenoxy) is 2. The molecule has 1 aromatic heterocycles. The van der Waals surface area contributed by atoms with Gasteiger partial charge in [-0.3, -0.25) is 4.79 Å². The van der Waals surface area contributed by atoms with E-state index < -0.39 is 6.09 Å². The molecule has 3 aromatic rings. The molecule has 9 heteroatoms. The van der Waals surface area contributed by atoms with Gasteiger partial charge >= 0.3 is 6.09 Å². The fourth-order valence-corrected chi connectivity index (χ4v) is 5.84. The number of aryl methyl sites for hydroxylation is 1. The molecular formula is C31H39N5O4. The van der Waals surface area contributed by atoms with E-state index >= 15 is 0 Å². The van der Waals surface area contributed by atoms with Crippen LogP contribution in [0.5, 0.6) is 5.75 Å². The van der Waals surface area contributed by atoms with Crippen molar-refractivity contribution in [2.45, 2.75) is 57.2 Å². The van der Waals surface area contributed by atoms with Crippen LogP contribution in [0.15, 0.2) is 60.9 Å². The van der Waals surface area contributed by atoms with E-state index in [1.54, 1.807) is 6.33 Å². The Morgan fingerprint density at radius 3 is 2.62 bits per heavy atom. The Labute approximate surface area is 235 Å². The molecule has 9 nitrogen and oxygen atoms in total. The molecule has 2 aromatic carbocycles. The molecule has 2 fully saturated rings. The van der Waals surface area contributed by atoms with Crippen LogP contribution in [0.3, 0.4) is 0 Å². The van der Waals surface area contributed by atoms with Crippen molar-refractivity contribution < 1.29 is 19.1 Å². The maximum absolute atomic E-state index is 14.2. The summed E-state index contributed by atoms with van der Waals surface area (Å²) in [7, 11) is 1.38. The van der Waals surface area contributed by atoms with E-state index in [1.165, 1.54) is 12.7 Å². The minimum absolute atomic E-state index is 0.0103. The van der Waals surface area contributed by atoms with Crippen LogP contribution in [-0.4, -0.2) is 71.9 Å². The number of hydrogen-bond acceptors (Lipinski definition) is 6. The maximum Gasteiger partial charge on any atom is 0.407 e. The smallest absolute Gasteiger partial charge is 0.407 e. The quantitative estimate of drug-likeness (QED) is 0.430. The Morgan fingerprint density at radius 1 is 1.07 bits per heavy atom. The first-order chi connectivity index (χ1) is 19.5. The van der Waals surface area contributed by atoms with Gasteiger partial charge in [0.25, 0.3) is 5.91 Å². The van der Waals surface area contributed by atoms with Crippen molar-refractivity contribution in [1.29, 1.82) is 0 Å². The fourth-order valence-electron chi connectivity index (χ4n) is 5.84. The van der Waals surface area contributed by atoms with Crippen LogP contribution in [0.2, 0.25) is 0 Å². The van der Waals surface area contributed by atoms with Crippen LogP contribution in [-0.2, 0) is 4.74 Å². The average Bonchev–Trinajstić information content (AvgIpc) is 3.44. The highest BCUT2D eigenvalue weighted by molar-refractivity contribution is 5.98. The number of nitrogens with zero attached hydrogens (tertiary/aromatic N) is 3. The second kappa shape index (κ2) is 13.0. The molecule has 5 rings (SSSR count). The van der Waals surface area contributed by atoms with Gasteiger partial charge in [-0.25, -0.2) is 9.78 Å². The van der Waals surface area contributed by atoms with Crippen LogP contribution < -0.4 is 15.4 Å². The standard InChI is InChI=1S/C31H39N5O4/c1-22-12-14-25(15-13-22)40-19-16-24-20-32-17-18-35(24)30(37)28-29(23-8-4-3-5-9-23)36(21-33-28)27-11-7-6-10-26(27)34-31(38)39-2/h3-5,8-9,12-15,21,24,26-27,32H,6-7,10-11,16-20H2,1-2H3,(H,34,38)/t24-,26+,27+/m1/s1. The molecule has 0 radical (unpaired) electrons. The van der Waals surface area contributed by atoms with Crippen LogP contribution in [0.1, 0.15) is 54.2 Å². The number of alkyl carbamates (subject to hydrolysis) is 1. The van der Waals surface area contributed by atoms with Gasteiger partial charge in [-0.2, -0.15) is 0 Å². The third kappa shape index (κ3) is 6.31. The highest BCUT2D eigenvalue weighted by atomic mass is 16.5. The van der Waals surface area contributed by atoms with Gasteiger partial charge in [0.15, 0.2) is 5.69 Å². The lowest BCUT2D eigenvalue weighted by Gasteiger charge is -2.36. The number of methoxy groups -OCH3 is 1. The molecular weight excluding hydrogens is 506 g/mol. The number of carbonyl (C=O) groups is 2. The largest absolute Gasteiger partial charge is 0.494 e. The number of aromatic nitrogens is 2. The third-order valence-corrected chi connectivity index (χ3v) is 7.97. The molecule has 3 atom stereocenters. The second-order valence-corrected chi connectivity index (χ2v) is 10.6. The van der Waals surface area contributed by atoms with Gasteiger partial charge in [0.1, 0.15) is 5.75 Å². The van der Waals surface area contributed by atoms with Crippen molar-refractivity contribution in [2.24, 2.45) is 0 Å². The SMILES string of the molecule is COC(=O)N[C@H]1CCCC[C@@H]1n1cnc(C(=O)N2CCNC[C@H]2CCOc2ccc(C)cc2)c1-c1ccccc1. The van der Waals surface area contributed by atoms with Crippen LogP contribution in [0.25, 0.3) is 11.3 Å². The molecule has 2 N–H and O–H groups in total. The number of rotatable bonds is 8. The highest BCUT2D eigenvalue weighted by Gasteiger charge is 2.35. The predicted molar refractivity (Wildman–Crippen MR) is 153 cm³/mol. The average molecular weight is 546 g/mol. The van der Waals surface area contributed by atoms with E-state index in [0.29, 0.717) is 31.8 Å². The van der Waals surface area contributed by atoms with E-state index in [9.17, 15) is 9.59 Å². The Hall–Kier alpha value is -3.85. The molecule has 212 valence electrons. The zero-order valence-electron chi connectivity index (χ0n) is 23.3. The van der Waals surface area contributed by atoms with Crippen molar-refractivity contribution in [2.75, 3.05) is 33.4 Å². The second-order valence-electron chi connectivity index (χ2n) is 10.6. The molecule has 0 spiro atoms. The molecule has 2 aliphatic rings. The van der Waals surface area contributed by atoms with Crippen molar-refractivity contribution in [3.05, 3.63) is 72.2 Å². The minimum Gasteiger partial charge on any atom is -0.494 e. The number of amides is 2. The first kappa shape index (κ1) is 27.7. The Kier molecular flexibility index (Phi) is 9.01. The summed E-state index contributed by atoms with van der Waals surface area (Å²) in [6.45, 7) is 4.61. The lowest BCUT2D eigenvalue weighted by atomic mass is 9.89. The van der Waals surface area contributed by atoms with Crippen LogP contribution in [0, 0.1) is 6.92 Å². The van der Waals surface area contributed by atoms with Crippen molar-refractivity contribution >= 4 is 12.0 Å². The molecule has 1 saturated heterocycles. The summed E-state index contributed by atoms with van der Waals surface area (Å²) in [6, 6.07) is 17.8. The number of carbonyl (C=O) groups excluding carboxylic acids is 2. The summed E-state index contributed by atoms with van der Waals surface area (Å²) in [6.07, 6.45) is 5.84. The molecule has 40 heavy (non-hydrogen) atoms. The van der Waals surface area contributed by atoms with Crippen molar-refractivity contribution in [3.8, 4) is 17.0 Å². The summed E-state index contributed by atoms with van der Waals surface area (Å²) in [5.74, 6) is 0.757. The van der Waals surface area contributed by atoms with E-state index in [1.807, 2.05) is 59.5 Å². The molecule has 1 aliphatic carbocycles. The van der Waals surface area contributed by atoms with E-state index in [2.05, 4.69) is 22.1 Å². The van der Waals surface area contributed by atoms with Gasteiger partial charge in [-0.1, -0.05) is 60.9 Å². The van der Waals surface area contributed by atoms with Crippen molar-refractivity contribution in [1.82, 2.24) is 25.1 Å². The highest BCUT2D eigenvalue weighted by Crippen LogP contribution is 2.35. The summed E-state index contributed by atoms with van der Waals surface area (Å²) in [4.78, 5) is 33.0. The normalized spacial score (nSPS) is 21.1. The topological polar surface area (TPSA) is 97.7 Å². The summed E-state index contributed by atoms with van der Waals surface area (Å²) >= 11 is 0. The van der Waals surface area contributed by atoms with Crippen molar-refractivity contribution in [3.63, 3.8) is 0 Å². The van der Waals surface area contributed by atoms with Gasteiger partial charge in [0, 0.05) is 37.7 Å². The first-order valence-electron chi connectivity index (χ1n) is 14.2. The Morgan fingerprint density at radius 2 is 1.85 bits per heavy atom. The molecule has 1 saturated carbocycles. The minimum atomic E-state index is -0.439. The molecule has 0 bridgehead atoms.